The second-order valence-electron chi connectivity index (χ2n) is 8.14. The van der Waals surface area contributed by atoms with Crippen LogP contribution in [0.2, 0.25) is 0 Å². The van der Waals surface area contributed by atoms with E-state index in [1.807, 2.05) is 43.9 Å². The summed E-state index contributed by atoms with van der Waals surface area (Å²) < 4.78 is 0. The molecular weight excluding hydrogens is 324 g/mol. The molecule has 3 rings (SSSR count). The van der Waals surface area contributed by atoms with E-state index in [4.69, 9.17) is 4.98 Å². The van der Waals surface area contributed by atoms with Crippen molar-refractivity contribution in [3.63, 3.8) is 0 Å². The van der Waals surface area contributed by atoms with E-state index in [2.05, 4.69) is 29.4 Å². The van der Waals surface area contributed by atoms with Crippen molar-refractivity contribution in [3.05, 3.63) is 47.8 Å². The summed E-state index contributed by atoms with van der Waals surface area (Å²) in [7, 11) is 0. The van der Waals surface area contributed by atoms with Gasteiger partial charge in [-0.05, 0) is 38.0 Å². The van der Waals surface area contributed by atoms with Crippen molar-refractivity contribution in [2.45, 2.75) is 46.5 Å². The van der Waals surface area contributed by atoms with E-state index < -0.39 is 0 Å². The van der Waals surface area contributed by atoms with Crippen LogP contribution in [0.15, 0.2) is 36.5 Å². The minimum atomic E-state index is -0.342. The summed E-state index contributed by atoms with van der Waals surface area (Å²) in [6, 6.07) is 10.1. The van der Waals surface area contributed by atoms with Crippen molar-refractivity contribution in [2.24, 2.45) is 5.41 Å². The van der Waals surface area contributed by atoms with E-state index in [1.165, 1.54) is 5.56 Å². The Morgan fingerprint density at radius 1 is 1.19 bits per heavy atom. The third kappa shape index (κ3) is 4.40. The molecule has 2 heterocycles. The molecule has 1 aliphatic rings. The number of rotatable bonds is 3. The summed E-state index contributed by atoms with van der Waals surface area (Å²) in [5.41, 5.74) is 2.85. The number of carbonyl (C=O) groups is 1. The maximum atomic E-state index is 12.6. The number of nitrogens with one attached hydrogen (secondary N) is 1. The van der Waals surface area contributed by atoms with E-state index in [0.29, 0.717) is 5.95 Å². The molecule has 0 aliphatic carbocycles. The third-order valence-electron chi connectivity index (χ3n) is 4.75. The van der Waals surface area contributed by atoms with Crippen LogP contribution in [0.5, 0.6) is 0 Å². The zero-order valence-corrected chi connectivity index (χ0v) is 16.1. The number of nitrogens with zero attached hydrogens (tertiary/aromatic N) is 3. The number of aryl methyl sites for hydroxylation is 1. The number of carbonyl (C=O) groups excluding carboxylic acids is 1. The first-order chi connectivity index (χ1) is 12.3. The van der Waals surface area contributed by atoms with Gasteiger partial charge < -0.3 is 10.2 Å². The molecule has 0 spiro atoms. The van der Waals surface area contributed by atoms with Crippen LogP contribution >= 0.6 is 0 Å². The monoisotopic (exact) mass is 352 g/mol. The highest BCUT2D eigenvalue weighted by Gasteiger charge is 2.31. The average molecular weight is 352 g/mol. The summed E-state index contributed by atoms with van der Waals surface area (Å²) in [6.45, 7) is 9.57. The standard InChI is InChI=1S/C21H28N4O/c1-15-7-9-17(10-8-15)23-20-22-12-11-18(24-20)16-6-5-13-25(14-16)19(26)21(2,3)4/h7-12,16H,5-6,13-14H2,1-4H3,(H,22,23,24)/t16-/m0/s1. The first kappa shape index (κ1) is 18.4. The smallest absolute Gasteiger partial charge is 0.227 e. The number of likely N-dealkylation sites (tertiary alicyclic amines) is 1. The Bertz CT molecular complexity index is 764. The van der Waals surface area contributed by atoms with Gasteiger partial charge in [0.1, 0.15) is 0 Å². The number of amides is 1. The van der Waals surface area contributed by atoms with Crippen molar-refractivity contribution in [3.8, 4) is 0 Å². The van der Waals surface area contributed by atoms with Crippen LogP contribution in [0, 0.1) is 12.3 Å². The maximum Gasteiger partial charge on any atom is 0.227 e. The highest BCUT2D eigenvalue weighted by atomic mass is 16.2. The van der Waals surface area contributed by atoms with Gasteiger partial charge in [0, 0.05) is 36.3 Å². The molecule has 0 radical (unpaired) electrons. The Hall–Kier alpha value is -2.43. The number of hydrogen-bond acceptors (Lipinski definition) is 4. The van der Waals surface area contributed by atoms with Crippen molar-refractivity contribution in [1.82, 2.24) is 14.9 Å². The maximum absolute atomic E-state index is 12.6. The van der Waals surface area contributed by atoms with Gasteiger partial charge >= 0.3 is 0 Å². The van der Waals surface area contributed by atoms with Crippen LogP contribution in [-0.2, 0) is 4.79 Å². The Kier molecular flexibility index (Phi) is 5.25. The molecule has 1 aromatic heterocycles. The molecule has 1 atom stereocenters. The van der Waals surface area contributed by atoms with Crippen molar-refractivity contribution in [1.29, 1.82) is 0 Å². The second kappa shape index (κ2) is 7.44. The lowest BCUT2D eigenvalue weighted by molar-refractivity contribution is -0.140. The average Bonchev–Trinajstić information content (AvgIpc) is 2.63. The van der Waals surface area contributed by atoms with Crippen LogP contribution in [0.3, 0.4) is 0 Å². The Morgan fingerprint density at radius 2 is 1.92 bits per heavy atom. The fourth-order valence-corrected chi connectivity index (χ4v) is 3.30. The topological polar surface area (TPSA) is 58.1 Å². The molecule has 1 aromatic carbocycles. The Balaban J connectivity index is 1.73. The quantitative estimate of drug-likeness (QED) is 0.896. The molecule has 1 aliphatic heterocycles. The minimum absolute atomic E-state index is 0.217. The van der Waals surface area contributed by atoms with Crippen LogP contribution < -0.4 is 5.32 Å². The Morgan fingerprint density at radius 3 is 2.62 bits per heavy atom. The van der Waals surface area contributed by atoms with Gasteiger partial charge in [0.2, 0.25) is 11.9 Å². The van der Waals surface area contributed by atoms with Crippen LogP contribution in [-0.4, -0.2) is 33.9 Å². The largest absolute Gasteiger partial charge is 0.342 e. The van der Waals surface area contributed by atoms with Crippen LogP contribution in [0.1, 0.15) is 50.8 Å². The zero-order chi connectivity index (χ0) is 18.7. The molecule has 1 amide bonds. The van der Waals surface area contributed by atoms with Gasteiger partial charge in [-0.2, -0.15) is 0 Å². The number of piperidine rings is 1. The summed E-state index contributed by atoms with van der Waals surface area (Å²) in [5, 5.41) is 3.27. The first-order valence-electron chi connectivity index (χ1n) is 9.29. The number of anilines is 2. The SMILES string of the molecule is Cc1ccc(Nc2nccc([C@H]3CCCN(C(=O)C(C)(C)C)C3)n2)cc1. The summed E-state index contributed by atoms with van der Waals surface area (Å²) >= 11 is 0. The number of hydrogen-bond donors (Lipinski definition) is 1. The second-order valence-corrected chi connectivity index (χ2v) is 8.14. The van der Waals surface area contributed by atoms with Gasteiger partial charge in [0.15, 0.2) is 0 Å². The lowest BCUT2D eigenvalue weighted by Gasteiger charge is -2.36. The summed E-state index contributed by atoms with van der Waals surface area (Å²) in [4.78, 5) is 23.7. The highest BCUT2D eigenvalue weighted by molar-refractivity contribution is 5.81. The van der Waals surface area contributed by atoms with Crippen LogP contribution in [0.25, 0.3) is 0 Å². The van der Waals surface area contributed by atoms with Gasteiger partial charge in [0.25, 0.3) is 0 Å². The molecule has 5 heteroatoms. The van der Waals surface area contributed by atoms with E-state index in [0.717, 1.165) is 37.3 Å². The van der Waals surface area contributed by atoms with E-state index in [1.54, 1.807) is 6.20 Å². The van der Waals surface area contributed by atoms with Crippen molar-refractivity contribution >= 4 is 17.5 Å². The molecule has 2 aromatic rings. The molecule has 138 valence electrons. The lowest BCUT2D eigenvalue weighted by atomic mass is 9.90. The fourth-order valence-electron chi connectivity index (χ4n) is 3.30. The number of benzene rings is 1. The van der Waals surface area contributed by atoms with Crippen molar-refractivity contribution in [2.75, 3.05) is 18.4 Å². The molecule has 1 fully saturated rings. The zero-order valence-electron chi connectivity index (χ0n) is 16.1. The fraction of sp³-hybridized carbons (Fsp3) is 0.476. The predicted molar refractivity (Wildman–Crippen MR) is 105 cm³/mol. The molecule has 1 N–H and O–H groups in total. The molecule has 0 bridgehead atoms. The summed E-state index contributed by atoms with van der Waals surface area (Å²) in [6.07, 6.45) is 3.86. The van der Waals surface area contributed by atoms with Gasteiger partial charge in [-0.3, -0.25) is 4.79 Å². The normalized spacial score (nSPS) is 17.8. The predicted octanol–water partition coefficient (Wildman–Crippen LogP) is 4.28. The van der Waals surface area contributed by atoms with Gasteiger partial charge in [-0.25, -0.2) is 9.97 Å². The summed E-state index contributed by atoms with van der Waals surface area (Å²) in [5.74, 6) is 1.08. The molecule has 0 saturated carbocycles. The highest BCUT2D eigenvalue weighted by Crippen LogP contribution is 2.29. The van der Waals surface area contributed by atoms with E-state index in [-0.39, 0.29) is 17.2 Å². The lowest BCUT2D eigenvalue weighted by Crippen LogP contribution is -2.44. The first-order valence-corrected chi connectivity index (χ1v) is 9.29. The minimum Gasteiger partial charge on any atom is -0.342 e. The van der Waals surface area contributed by atoms with E-state index in [9.17, 15) is 4.79 Å². The molecular formula is C21H28N4O. The van der Waals surface area contributed by atoms with Crippen molar-refractivity contribution < 1.29 is 4.79 Å². The van der Waals surface area contributed by atoms with E-state index >= 15 is 0 Å². The number of aromatic nitrogens is 2. The van der Waals surface area contributed by atoms with Gasteiger partial charge in [-0.1, -0.05) is 38.5 Å². The molecule has 1 saturated heterocycles. The molecule has 26 heavy (non-hydrogen) atoms. The van der Waals surface area contributed by atoms with Crippen LogP contribution in [0.4, 0.5) is 11.6 Å². The molecule has 5 nitrogen and oxygen atoms in total. The molecule has 0 unspecified atom stereocenters. The Labute approximate surface area is 155 Å². The van der Waals surface area contributed by atoms with Gasteiger partial charge in [-0.15, -0.1) is 0 Å². The van der Waals surface area contributed by atoms with Gasteiger partial charge in [0.05, 0.1) is 5.69 Å². The third-order valence-corrected chi connectivity index (χ3v) is 4.75.